The van der Waals surface area contributed by atoms with Crippen LogP contribution in [0.5, 0.6) is 0 Å². The summed E-state index contributed by atoms with van der Waals surface area (Å²) < 4.78 is 0. The minimum Gasteiger partial charge on any atom is -0.366 e. The molecule has 3 nitrogen and oxygen atoms in total. The molecule has 12 heavy (non-hydrogen) atoms. The summed E-state index contributed by atoms with van der Waals surface area (Å²) in [5.41, 5.74) is 6.89. The first-order valence-corrected chi connectivity index (χ1v) is 4.20. The van der Waals surface area contributed by atoms with Crippen molar-refractivity contribution in [3.8, 4) is 0 Å². The topological polar surface area (TPSA) is 50.9 Å². The Labute approximate surface area is 72.0 Å². The first-order valence-electron chi connectivity index (χ1n) is 4.20. The molecule has 3 N–H and O–H groups in total. The van der Waals surface area contributed by atoms with Gasteiger partial charge in [-0.05, 0) is 31.0 Å². The standard InChI is InChI=1S/C9H13N3/c1-6-2-3-11-9(4-6)12-8-5-7(8)10/h2-4,7-8H,5,10H2,1H3,(H,11,12). The van der Waals surface area contributed by atoms with Gasteiger partial charge in [-0.15, -0.1) is 0 Å². The zero-order valence-electron chi connectivity index (χ0n) is 7.12. The Bertz CT molecular complexity index is 285. The number of aromatic nitrogens is 1. The van der Waals surface area contributed by atoms with E-state index in [-0.39, 0.29) is 0 Å². The number of nitrogens with two attached hydrogens (primary N) is 1. The minimum atomic E-state index is 0.326. The summed E-state index contributed by atoms with van der Waals surface area (Å²) in [7, 11) is 0. The second kappa shape index (κ2) is 2.75. The Kier molecular flexibility index (Phi) is 1.73. The first-order chi connectivity index (χ1) is 5.75. The minimum absolute atomic E-state index is 0.326. The summed E-state index contributed by atoms with van der Waals surface area (Å²) in [6.45, 7) is 2.06. The second-order valence-electron chi connectivity index (χ2n) is 3.37. The lowest BCUT2D eigenvalue weighted by atomic mass is 10.3. The van der Waals surface area contributed by atoms with E-state index in [9.17, 15) is 0 Å². The van der Waals surface area contributed by atoms with Gasteiger partial charge >= 0.3 is 0 Å². The summed E-state index contributed by atoms with van der Waals surface area (Å²) in [5.74, 6) is 0.938. The number of nitrogens with one attached hydrogen (secondary N) is 1. The van der Waals surface area contributed by atoms with E-state index >= 15 is 0 Å². The number of rotatable bonds is 2. The quantitative estimate of drug-likeness (QED) is 0.681. The Morgan fingerprint density at radius 2 is 2.42 bits per heavy atom. The number of pyridine rings is 1. The van der Waals surface area contributed by atoms with Crippen molar-refractivity contribution in [1.82, 2.24) is 4.98 Å². The Morgan fingerprint density at radius 3 is 3.00 bits per heavy atom. The summed E-state index contributed by atoms with van der Waals surface area (Å²) in [4.78, 5) is 4.19. The van der Waals surface area contributed by atoms with E-state index in [1.165, 1.54) is 5.56 Å². The maximum absolute atomic E-state index is 5.66. The lowest BCUT2D eigenvalue weighted by Gasteiger charge is -2.03. The van der Waals surface area contributed by atoms with Gasteiger partial charge in [-0.2, -0.15) is 0 Å². The number of anilines is 1. The van der Waals surface area contributed by atoms with Crippen LogP contribution in [0.1, 0.15) is 12.0 Å². The van der Waals surface area contributed by atoms with Crippen molar-refractivity contribution in [2.75, 3.05) is 5.32 Å². The predicted octanol–water partition coefficient (Wildman–Crippen LogP) is 0.902. The van der Waals surface area contributed by atoms with Gasteiger partial charge in [0.1, 0.15) is 5.82 Å². The summed E-state index contributed by atoms with van der Waals surface area (Å²) >= 11 is 0. The van der Waals surface area contributed by atoms with Crippen molar-refractivity contribution in [3.63, 3.8) is 0 Å². The molecule has 1 aromatic rings. The molecular formula is C9H13N3. The van der Waals surface area contributed by atoms with Gasteiger partial charge in [-0.25, -0.2) is 4.98 Å². The molecule has 0 saturated heterocycles. The highest BCUT2D eigenvalue weighted by Crippen LogP contribution is 2.22. The van der Waals surface area contributed by atoms with Gasteiger partial charge in [0.15, 0.2) is 0 Å². The van der Waals surface area contributed by atoms with Crippen molar-refractivity contribution < 1.29 is 0 Å². The first kappa shape index (κ1) is 7.55. The highest BCUT2D eigenvalue weighted by Gasteiger charge is 2.33. The smallest absolute Gasteiger partial charge is 0.126 e. The number of aryl methyl sites for hydroxylation is 1. The predicted molar refractivity (Wildman–Crippen MR) is 49.0 cm³/mol. The van der Waals surface area contributed by atoms with Gasteiger partial charge in [-0.3, -0.25) is 0 Å². The van der Waals surface area contributed by atoms with Crippen LogP contribution < -0.4 is 11.1 Å². The molecule has 2 unspecified atom stereocenters. The van der Waals surface area contributed by atoms with E-state index in [1.807, 2.05) is 18.3 Å². The van der Waals surface area contributed by atoms with Gasteiger partial charge in [0.2, 0.25) is 0 Å². The third-order valence-corrected chi connectivity index (χ3v) is 2.09. The van der Waals surface area contributed by atoms with Gasteiger partial charge in [0, 0.05) is 18.3 Å². The van der Waals surface area contributed by atoms with Crippen LogP contribution >= 0.6 is 0 Å². The van der Waals surface area contributed by atoms with Gasteiger partial charge < -0.3 is 11.1 Å². The molecule has 0 aliphatic heterocycles. The van der Waals surface area contributed by atoms with E-state index in [2.05, 4.69) is 17.2 Å². The van der Waals surface area contributed by atoms with Crippen molar-refractivity contribution in [1.29, 1.82) is 0 Å². The van der Waals surface area contributed by atoms with Gasteiger partial charge in [-0.1, -0.05) is 0 Å². The molecule has 1 aromatic heterocycles. The normalized spacial score (nSPS) is 26.8. The molecule has 1 aliphatic carbocycles. The summed E-state index contributed by atoms with van der Waals surface area (Å²) in [6.07, 6.45) is 2.88. The lowest BCUT2D eigenvalue weighted by molar-refractivity contribution is 0.995. The second-order valence-corrected chi connectivity index (χ2v) is 3.37. The van der Waals surface area contributed by atoms with Gasteiger partial charge in [0.05, 0.1) is 0 Å². The third-order valence-electron chi connectivity index (χ3n) is 2.09. The average molecular weight is 163 g/mol. The average Bonchev–Trinajstić information content (AvgIpc) is 2.66. The number of nitrogens with zero attached hydrogens (tertiary/aromatic N) is 1. The highest BCUT2D eigenvalue weighted by atomic mass is 15.1. The zero-order valence-corrected chi connectivity index (χ0v) is 7.12. The van der Waals surface area contributed by atoms with E-state index in [4.69, 9.17) is 5.73 Å². The largest absolute Gasteiger partial charge is 0.366 e. The molecule has 3 heteroatoms. The molecule has 1 saturated carbocycles. The summed E-state index contributed by atoms with van der Waals surface area (Å²) in [6, 6.07) is 4.79. The fraction of sp³-hybridized carbons (Fsp3) is 0.444. The van der Waals surface area contributed by atoms with Crippen LogP contribution in [0.2, 0.25) is 0 Å². The van der Waals surface area contributed by atoms with Crippen LogP contribution in [0.4, 0.5) is 5.82 Å². The molecule has 0 spiro atoms. The fourth-order valence-corrected chi connectivity index (χ4v) is 1.19. The zero-order chi connectivity index (χ0) is 8.55. The van der Waals surface area contributed by atoms with E-state index in [0.29, 0.717) is 12.1 Å². The molecule has 0 aromatic carbocycles. The molecule has 2 rings (SSSR count). The maximum atomic E-state index is 5.66. The lowest BCUT2D eigenvalue weighted by Crippen LogP contribution is -2.13. The molecule has 1 aliphatic rings. The molecule has 0 radical (unpaired) electrons. The number of hydrogen-bond donors (Lipinski definition) is 2. The van der Waals surface area contributed by atoms with Gasteiger partial charge in [0.25, 0.3) is 0 Å². The van der Waals surface area contributed by atoms with E-state index in [1.54, 1.807) is 0 Å². The highest BCUT2D eigenvalue weighted by molar-refractivity contribution is 5.40. The maximum Gasteiger partial charge on any atom is 0.126 e. The molecule has 64 valence electrons. The Morgan fingerprint density at radius 1 is 1.67 bits per heavy atom. The van der Waals surface area contributed by atoms with Crippen molar-refractivity contribution >= 4 is 5.82 Å². The molecule has 1 fully saturated rings. The molecule has 2 atom stereocenters. The summed E-state index contributed by atoms with van der Waals surface area (Å²) in [5, 5.41) is 3.27. The Balaban J connectivity index is 2.03. The van der Waals surface area contributed by atoms with E-state index in [0.717, 1.165) is 12.2 Å². The van der Waals surface area contributed by atoms with Crippen molar-refractivity contribution in [3.05, 3.63) is 23.9 Å². The third kappa shape index (κ3) is 1.56. The van der Waals surface area contributed by atoms with E-state index < -0.39 is 0 Å². The van der Waals surface area contributed by atoms with Crippen LogP contribution in [0.25, 0.3) is 0 Å². The molecule has 0 amide bonds. The van der Waals surface area contributed by atoms with Crippen LogP contribution in [0, 0.1) is 6.92 Å². The fourth-order valence-electron chi connectivity index (χ4n) is 1.19. The molecule has 0 bridgehead atoms. The monoisotopic (exact) mass is 163 g/mol. The number of hydrogen-bond acceptors (Lipinski definition) is 3. The Hall–Kier alpha value is -1.09. The van der Waals surface area contributed by atoms with Crippen LogP contribution in [-0.4, -0.2) is 17.1 Å². The SMILES string of the molecule is Cc1ccnc(NC2CC2N)c1. The van der Waals surface area contributed by atoms with Crippen LogP contribution in [0.3, 0.4) is 0 Å². The van der Waals surface area contributed by atoms with Crippen molar-refractivity contribution in [2.24, 2.45) is 5.73 Å². The van der Waals surface area contributed by atoms with Crippen LogP contribution in [0.15, 0.2) is 18.3 Å². The molecular weight excluding hydrogens is 150 g/mol. The van der Waals surface area contributed by atoms with Crippen LogP contribution in [-0.2, 0) is 0 Å². The van der Waals surface area contributed by atoms with Crippen molar-refractivity contribution in [2.45, 2.75) is 25.4 Å². The molecule has 1 heterocycles.